The molecule has 7 heteroatoms. The minimum absolute atomic E-state index is 0.186. The Hall–Kier alpha value is -3.61. The maximum Gasteiger partial charge on any atom is 0.291 e. The number of nitrogens with zero attached hydrogens (tertiary/aromatic N) is 2. The first-order valence-corrected chi connectivity index (χ1v) is 7.53. The summed E-state index contributed by atoms with van der Waals surface area (Å²) in [5.74, 6) is 0.266. The van der Waals surface area contributed by atoms with Crippen LogP contribution < -0.4 is 15.0 Å². The molecular weight excluding hydrogens is 322 g/mol. The van der Waals surface area contributed by atoms with E-state index in [1.54, 1.807) is 55.7 Å². The molecule has 1 aromatic carbocycles. The molecule has 124 valence electrons. The Kier molecular flexibility index (Phi) is 3.46. The second-order valence-corrected chi connectivity index (χ2v) is 5.44. The molecule has 2 amide bonds. The molecule has 0 radical (unpaired) electrons. The fourth-order valence-electron chi connectivity index (χ4n) is 2.57. The lowest BCUT2D eigenvalue weighted by molar-refractivity contribution is 0.0985. The number of fused-ring (bicyclic) bond motifs is 2. The van der Waals surface area contributed by atoms with Crippen molar-refractivity contribution in [2.75, 3.05) is 17.3 Å². The molecule has 0 atom stereocenters. The highest BCUT2D eigenvalue weighted by Gasteiger charge is 2.26. The standard InChI is InChI=1S/C18H13N3O4/c1-21-13-4-2-8-19-17(13)25-14-7-6-11(10-12(14)18(21)23)20-16(22)15-5-3-9-24-15/h2-10H,1H3,(H,20,22). The van der Waals surface area contributed by atoms with E-state index in [4.69, 9.17) is 9.15 Å². The van der Waals surface area contributed by atoms with Gasteiger partial charge in [0.2, 0.25) is 5.88 Å². The number of furan rings is 1. The van der Waals surface area contributed by atoms with Crippen molar-refractivity contribution in [3.8, 4) is 11.6 Å². The van der Waals surface area contributed by atoms with Gasteiger partial charge in [-0.15, -0.1) is 0 Å². The van der Waals surface area contributed by atoms with Crippen LogP contribution in [0.25, 0.3) is 0 Å². The SMILES string of the molecule is CN1C(=O)c2cc(NC(=O)c3ccco3)ccc2Oc2ncccc21. The summed E-state index contributed by atoms with van der Waals surface area (Å²) in [6.45, 7) is 0. The molecule has 3 heterocycles. The van der Waals surface area contributed by atoms with E-state index in [0.29, 0.717) is 28.6 Å². The molecule has 1 N–H and O–H groups in total. The molecule has 3 aromatic rings. The largest absolute Gasteiger partial charge is 0.459 e. The van der Waals surface area contributed by atoms with Crippen LogP contribution in [0.2, 0.25) is 0 Å². The molecule has 7 nitrogen and oxygen atoms in total. The van der Waals surface area contributed by atoms with Crippen LogP contribution in [0.15, 0.2) is 59.3 Å². The van der Waals surface area contributed by atoms with Gasteiger partial charge in [0.15, 0.2) is 5.76 Å². The molecule has 0 saturated carbocycles. The monoisotopic (exact) mass is 335 g/mol. The first kappa shape index (κ1) is 14.9. The lowest BCUT2D eigenvalue weighted by Gasteiger charge is -2.15. The van der Waals surface area contributed by atoms with Crippen LogP contribution >= 0.6 is 0 Å². The van der Waals surface area contributed by atoms with Crippen LogP contribution in [0.1, 0.15) is 20.9 Å². The third kappa shape index (κ3) is 2.61. The van der Waals surface area contributed by atoms with E-state index in [0.717, 1.165) is 0 Å². The molecule has 0 bridgehead atoms. The zero-order valence-electron chi connectivity index (χ0n) is 13.2. The lowest BCUT2D eigenvalue weighted by atomic mass is 10.1. The zero-order chi connectivity index (χ0) is 17.4. The molecule has 0 unspecified atom stereocenters. The minimum atomic E-state index is -0.398. The van der Waals surface area contributed by atoms with E-state index in [2.05, 4.69) is 10.3 Å². The molecule has 4 rings (SSSR count). The maximum absolute atomic E-state index is 12.8. The molecular formula is C18H13N3O4. The minimum Gasteiger partial charge on any atom is -0.459 e. The van der Waals surface area contributed by atoms with Crippen molar-refractivity contribution in [2.45, 2.75) is 0 Å². The van der Waals surface area contributed by atoms with Crippen LogP contribution in [-0.4, -0.2) is 23.8 Å². The number of benzene rings is 1. The van der Waals surface area contributed by atoms with Gasteiger partial charge in [-0.05, 0) is 42.5 Å². The third-order valence-electron chi connectivity index (χ3n) is 3.84. The molecule has 0 aliphatic carbocycles. The van der Waals surface area contributed by atoms with Gasteiger partial charge in [-0.3, -0.25) is 9.59 Å². The Balaban J connectivity index is 1.69. The van der Waals surface area contributed by atoms with E-state index in [9.17, 15) is 9.59 Å². The average molecular weight is 335 g/mol. The van der Waals surface area contributed by atoms with Crippen LogP contribution in [0, 0.1) is 0 Å². The summed E-state index contributed by atoms with van der Waals surface area (Å²) >= 11 is 0. The van der Waals surface area contributed by atoms with Crippen molar-refractivity contribution < 1.29 is 18.7 Å². The Morgan fingerprint density at radius 2 is 2.08 bits per heavy atom. The van der Waals surface area contributed by atoms with E-state index in [1.165, 1.54) is 11.2 Å². The quantitative estimate of drug-likeness (QED) is 0.776. The Morgan fingerprint density at radius 1 is 1.20 bits per heavy atom. The summed E-state index contributed by atoms with van der Waals surface area (Å²) in [5, 5.41) is 2.70. The van der Waals surface area contributed by atoms with Crippen molar-refractivity contribution in [3.05, 3.63) is 66.2 Å². The molecule has 1 aliphatic rings. The first-order chi connectivity index (χ1) is 12.1. The number of pyridine rings is 1. The number of amides is 2. The molecule has 1 aliphatic heterocycles. The lowest BCUT2D eigenvalue weighted by Crippen LogP contribution is -2.25. The predicted molar refractivity (Wildman–Crippen MR) is 90.1 cm³/mol. The maximum atomic E-state index is 12.8. The number of hydrogen-bond donors (Lipinski definition) is 1. The molecule has 0 saturated heterocycles. The van der Waals surface area contributed by atoms with E-state index >= 15 is 0 Å². The number of rotatable bonds is 2. The number of nitrogens with one attached hydrogen (secondary N) is 1. The van der Waals surface area contributed by atoms with Gasteiger partial charge < -0.3 is 19.4 Å². The van der Waals surface area contributed by atoms with Gasteiger partial charge in [-0.2, -0.15) is 0 Å². The topological polar surface area (TPSA) is 84.7 Å². The van der Waals surface area contributed by atoms with Crippen LogP contribution in [0.3, 0.4) is 0 Å². The Labute approximate surface area is 142 Å². The van der Waals surface area contributed by atoms with Crippen molar-refractivity contribution in [1.29, 1.82) is 0 Å². The van der Waals surface area contributed by atoms with Gasteiger partial charge >= 0.3 is 0 Å². The van der Waals surface area contributed by atoms with E-state index in [-0.39, 0.29) is 11.7 Å². The Bertz CT molecular complexity index is 966. The molecule has 2 aromatic heterocycles. The first-order valence-electron chi connectivity index (χ1n) is 7.53. The second-order valence-electron chi connectivity index (χ2n) is 5.44. The number of ether oxygens (including phenoxy) is 1. The highest BCUT2D eigenvalue weighted by molar-refractivity contribution is 6.10. The van der Waals surface area contributed by atoms with Gasteiger partial charge in [-0.25, -0.2) is 4.98 Å². The van der Waals surface area contributed by atoms with Crippen LogP contribution in [0.5, 0.6) is 11.6 Å². The smallest absolute Gasteiger partial charge is 0.291 e. The highest BCUT2D eigenvalue weighted by atomic mass is 16.5. The van der Waals surface area contributed by atoms with Gasteiger partial charge in [0.25, 0.3) is 11.8 Å². The van der Waals surface area contributed by atoms with Gasteiger partial charge in [0, 0.05) is 18.9 Å². The summed E-state index contributed by atoms with van der Waals surface area (Å²) in [4.78, 5) is 30.5. The second kappa shape index (κ2) is 5.79. The van der Waals surface area contributed by atoms with Crippen molar-refractivity contribution in [1.82, 2.24) is 4.98 Å². The fourth-order valence-corrected chi connectivity index (χ4v) is 2.57. The van der Waals surface area contributed by atoms with Crippen LogP contribution in [0.4, 0.5) is 11.4 Å². The van der Waals surface area contributed by atoms with Gasteiger partial charge in [0.1, 0.15) is 11.4 Å². The van der Waals surface area contributed by atoms with Crippen molar-refractivity contribution in [2.24, 2.45) is 0 Å². The molecule has 0 spiro atoms. The number of hydrogen-bond acceptors (Lipinski definition) is 5. The summed E-state index contributed by atoms with van der Waals surface area (Å²) < 4.78 is 10.8. The van der Waals surface area contributed by atoms with Gasteiger partial charge in [-0.1, -0.05) is 0 Å². The summed E-state index contributed by atoms with van der Waals surface area (Å²) in [6.07, 6.45) is 3.02. The van der Waals surface area contributed by atoms with E-state index in [1.807, 2.05) is 0 Å². The third-order valence-corrected chi connectivity index (χ3v) is 3.84. The normalized spacial score (nSPS) is 12.7. The van der Waals surface area contributed by atoms with E-state index < -0.39 is 5.91 Å². The zero-order valence-corrected chi connectivity index (χ0v) is 13.2. The highest BCUT2D eigenvalue weighted by Crippen LogP contribution is 2.37. The fraction of sp³-hybridized carbons (Fsp3) is 0.0556. The number of anilines is 2. The summed E-state index contributed by atoms with van der Waals surface area (Å²) in [5.41, 5.74) is 1.37. The summed E-state index contributed by atoms with van der Waals surface area (Å²) in [7, 11) is 1.65. The average Bonchev–Trinajstić information content (AvgIpc) is 3.14. The number of carbonyl (C=O) groups is 2. The number of carbonyl (C=O) groups excluding carboxylic acids is 2. The van der Waals surface area contributed by atoms with Crippen molar-refractivity contribution >= 4 is 23.2 Å². The van der Waals surface area contributed by atoms with Crippen LogP contribution in [-0.2, 0) is 0 Å². The molecule has 0 fully saturated rings. The van der Waals surface area contributed by atoms with Crippen molar-refractivity contribution in [3.63, 3.8) is 0 Å². The summed E-state index contributed by atoms with van der Waals surface area (Å²) in [6, 6.07) is 11.5. The number of aromatic nitrogens is 1. The molecule has 25 heavy (non-hydrogen) atoms. The predicted octanol–water partition coefficient (Wildman–Crippen LogP) is 3.31. The Morgan fingerprint density at radius 3 is 2.88 bits per heavy atom. The van der Waals surface area contributed by atoms with Gasteiger partial charge in [0.05, 0.1) is 11.8 Å².